The summed E-state index contributed by atoms with van der Waals surface area (Å²) >= 11 is 5.95. The van der Waals surface area contributed by atoms with Gasteiger partial charge in [-0.25, -0.2) is 4.98 Å². The van der Waals surface area contributed by atoms with Crippen molar-refractivity contribution in [2.24, 2.45) is 0 Å². The van der Waals surface area contributed by atoms with E-state index in [1.807, 2.05) is 0 Å². The van der Waals surface area contributed by atoms with Crippen molar-refractivity contribution in [2.45, 2.75) is 6.92 Å². The topological polar surface area (TPSA) is 42.0 Å². The van der Waals surface area contributed by atoms with Gasteiger partial charge in [0.2, 0.25) is 5.95 Å². The summed E-state index contributed by atoms with van der Waals surface area (Å²) in [6.45, 7) is 1.81. The summed E-state index contributed by atoms with van der Waals surface area (Å²) in [4.78, 5) is 15.3. The SMILES string of the molecule is Cc1c(Cl)cccc1NC(=O)c1ccc(F)nc1. The number of amides is 1. The number of hydrogen-bond donors (Lipinski definition) is 1. The number of hydrogen-bond acceptors (Lipinski definition) is 2. The van der Waals surface area contributed by atoms with Crippen molar-refractivity contribution in [1.82, 2.24) is 4.98 Å². The predicted molar refractivity (Wildman–Crippen MR) is 68.3 cm³/mol. The van der Waals surface area contributed by atoms with E-state index in [2.05, 4.69) is 10.3 Å². The molecule has 0 radical (unpaired) electrons. The van der Waals surface area contributed by atoms with Crippen molar-refractivity contribution < 1.29 is 9.18 Å². The Morgan fingerprint density at radius 1 is 1.33 bits per heavy atom. The zero-order valence-electron chi connectivity index (χ0n) is 9.58. The maximum Gasteiger partial charge on any atom is 0.257 e. The largest absolute Gasteiger partial charge is 0.322 e. The van der Waals surface area contributed by atoms with E-state index in [1.165, 1.54) is 12.3 Å². The molecule has 0 spiro atoms. The summed E-state index contributed by atoms with van der Waals surface area (Å²) in [5, 5.41) is 3.28. The highest BCUT2D eigenvalue weighted by Crippen LogP contribution is 2.23. The van der Waals surface area contributed by atoms with E-state index in [-0.39, 0.29) is 11.5 Å². The number of nitrogens with zero attached hydrogens (tertiary/aromatic N) is 1. The van der Waals surface area contributed by atoms with Crippen LogP contribution in [0.1, 0.15) is 15.9 Å². The Hall–Kier alpha value is -1.94. The van der Waals surface area contributed by atoms with Crippen molar-refractivity contribution in [3.05, 3.63) is 58.6 Å². The molecule has 5 heteroatoms. The molecule has 1 amide bonds. The fraction of sp³-hybridized carbons (Fsp3) is 0.0769. The van der Waals surface area contributed by atoms with Crippen LogP contribution in [0.5, 0.6) is 0 Å². The number of nitrogens with one attached hydrogen (secondary N) is 1. The summed E-state index contributed by atoms with van der Waals surface area (Å²) in [5.74, 6) is -0.974. The van der Waals surface area contributed by atoms with Gasteiger partial charge in [-0.1, -0.05) is 17.7 Å². The molecule has 1 aromatic heterocycles. The van der Waals surface area contributed by atoms with E-state index in [0.717, 1.165) is 11.6 Å². The normalized spacial score (nSPS) is 10.2. The standard InChI is InChI=1S/C13H10ClFN2O/c1-8-10(14)3-2-4-11(8)17-13(18)9-5-6-12(15)16-7-9/h2-7H,1H3,(H,17,18). The molecular formula is C13H10ClFN2O. The Labute approximate surface area is 109 Å². The summed E-state index contributed by atoms with van der Waals surface area (Å²) in [7, 11) is 0. The van der Waals surface area contributed by atoms with E-state index in [0.29, 0.717) is 10.7 Å². The lowest BCUT2D eigenvalue weighted by atomic mass is 10.2. The second kappa shape index (κ2) is 5.14. The minimum atomic E-state index is -0.620. The third-order valence-corrected chi connectivity index (χ3v) is 2.91. The fourth-order valence-electron chi connectivity index (χ4n) is 1.45. The molecule has 0 aliphatic carbocycles. The average Bonchev–Trinajstić information content (AvgIpc) is 2.36. The van der Waals surface area contributed by atoms with Crippen LogP contribution < -0.4 is 5.32 Å². The van der Waals surface area contributed by atoms with Crippen LogP contribution in [0.3, 0.4) is 0 Å². The summed E-state index contributed by atoms with van der Waals surface area (Å²) in [6.07, 6.45) is 1.19. The van der Waals surface area contributed by atoms with E-state index < -0.39 is 5.95 Å². The van der Waals surface area contributed by atoms with Gasteiger partial charge in [-0.15, -0.1) is 0 Å². The summed E-state index contributed by atoms with van der Waals surface area (Å²) in [6, 6.07) is 7.74. The van der Waals surface area contributed by atoms with Gasteiger partial charge >= 0.3 is 0 Å². The zero-order chi connectivity index (χ0) is 13.1. The Morgan fingerprint density at radius 2 is 2.11 bits per heavy atom. The maximum atomic E-state index is 12.6. The second-order valence-corrected chi connectivity index (χ2v) is 4.14. The van der Waals surface area contributed by atoms with Crippen LogP contribution >= 0.6 is 11.6 Å². The second-order valence-electron chi connectivity index (χ2n) is 3.74. The van der Waals surface area contributed by atoms with Crippen molar-refractivity contribution in [3.8, 4) is 0 Å². The van der Waals surface area contributed by atoms with Gasteiger partial charge in [0.1, 0.15) is 0 Å². The van der Waals surface area contributed by atoms with Gasteiger partial charge in [-0.05, 0) is 36.8 Å². The molecule has 0 aliphatic heterocycles. The third-order valence-electron chi connectivity index (χ3n) is 2.51. The van der Waals surface area contributed by atoms with Gasteiger partial charge in [0.05, 0.1) is 5.56 Å². The molecule has 0 bridgehead atoms. The van der Waals surface area contributed by atoms with Crippen LogP contribution in [-0.2, 0) is 0 Å². The van der Waals surface area contributed by atoms with E-state index >= 15 is 0 Å². The Kier molecular flexibility index (Phi) is 3.58. The molecule has 0 atom stereocenters. The molecule has 1 N–H and O–H groups in total. The smallest absolute Gasteiger partial charge is 0.257 e. The van der Waals surface area contributed by atoms with Gasteiger partial charge in [-0.3, -0.25) is 4.79 Å². The van der Waals surface area contributed by atoms with E-state index in [9.17, 15) is 9.18 Å². The van der Waals surface area contributed by atoms with Crippen LogP contribution in [0, 0.1) is 12.9 Å². The van der Waals surface area contributed by atoms with Crippen molar-refractivity contribution in [2.75, 3.05) is 5.32 Å². The molecule has 3 nitrogen and oxygen atoms in total. The molecule has 0 saturated carbocycles. The molecule has 1 aromatic carbocycles. The van der Waals surface area contributed by atoms with Gasteiger partial charge in [0.15, 0.2) is 0 Å². The molecule has 92 valence electrons. The Bertz CT molecular complexity index is 584. The fourth-order valence-corrected chi connectivity index (χ4v) is 1.62. The molecule has 18 heavy (non-hydrogen) atoms. The van der Waals surface area contributed by atoms with E-state index in [1.54, 1.807) is 25.1 Å². The zero-order valence-corrected chi connectivity index (χ0v) is 10.3. The summed E-state index contributed by atoms with van der Waals surface area (Å²) < 4.78 is 12.6. The Balaban J connectivity index is 2.21. The highest BCUT2D eigenvalue weighted by atomic mass is 35.5. The van der Waals surface area contributed by atoms with Crippen molar-refractivity contribution in [3.63, 3.8) is 0 Å². The lowest BCUT2D eigenvalue weighted by molar-refractivity contribution is 0.102. The number of carbonyl (C=O) groups excluding carboxylic acids is 1. The maximum absolute atomic E-state index is 12.6. The molecule has 0 aliphatic rings. The van der Waals surface area contributed by atoms with Crippen molar-refractivity contribution >= 4 is 23.2 Å². The lowest BCUT2D eigenvalue weighted by Crippen LogP contribution is -2.13. The van der Waals surface area contributed by atoms with Crippen LogP contribution in [0.4, 0.5) is 10.1 Å². The molecule has 0 fully saturated rings. The van der Waals surface area contributed by atoms with E-state index in [4.69, 9.17) is 11.6 Å². The number of carbonyl (C=O) groups is 1. The van der Waals surface area contributed by atoms with Crippen molar-refractivity contribution in [1.29, 1.82) is 0 Å². The highest BCUT2D eigenvalue weighted by molar-refractivity contribution is 6.31. The predicted octanol–water partition coefficient (Wildman–Crippen LogP) is 3.43. The van der Waals surface area contributed by atoms with Gasteiger partial charge in [0.25, 0.3) is 5.91 Å². The van der Waals surface area contributed by atoms with Gasteiger partial charge < -0.3 is 5.32 Å². The molecule has 2 rings (SSSR count). The molecule has 0 unspecified atom stereocenters. The number of pyridine rings is 1. The van der Waals surface area contributed by atoms with Crippen LogP contribution in [0.15, 0.2) is 36.5 Å². The lowest BCUT2D eigenvalue weighted by Gasteiger charge is -2.09. The Morgan fingerprint density at radius 3 is 2.78 bits per heavy atom. The monoisotopic (exact) mass is 264 g/mol. The molecular weight excluding hydrogens is 255 g/mol. The number of halogens is 2. The van der Waals surface area contributed by atoms with Gasteiger partial charge in [0, 0.05) is 16.9 Å². The first kappa shape index (κ1) is 12.5. The third kappa shape index (κ3) is 2.65. The van der Waals surface area contributed by atoms with Crippen LogP contribution in [0.25, 0.3) is 0 Å². The average molecular weight is 265 g/mol. The molecule has 2 aromatic rings. The van der Waals surface area contributed by atoms with Crippen LogP contribution in [0.2, 0.25) is 5.02 Å². The highest BCUT2D eigenvalue weighted by Gasteiger charge is 2.09. The number of rotatable bonds is 2. The first-order valence-corrected chi connectivity index (χ1v) is 5.64. The first-order valence-electron chi connectivity index (χ1n) is 5.26. The molecule has 1 heterocycles. The number of benzene rings is 1. The van der Waals surface area contributed by atoms with Gasteiger partial charge in [-0.2, -0.15) is 4.39 Å². The summed E-state index contributed by atoms with van der Waals surface area (Å²) in [5.41, 5.74) is 1.69. The first-order chi connectivity index (χ1) is 8.58. The molecule has 0 saturated heterocycles. The minimum absolute atomic E-state index is 0.288. The minimum Gasteiger partial charge on any atom is -0.322 e. The number of anilines is 1. The van der Waals surface area contributed by atoms with Crippen LogP contribution in [-0.4, -0.2) is 10.9 Å². The quantitative estimate of drug-likeness (QED) is 0.845. The number of aromatic nitrogens is 1.